The van der Waals surface area contributed by atoms with Gasteiger partial charge in [-0.25, -0.2) is 18.7 Å². The minimum absolute atomic E-state index is 0.0162. The predicted molar refractivity (Wildman–Crippen MR) is 144 cm³/mol. The molecule has 3 N–H and O–H groups in total. The maximum absolute atomic E-state index is 14.1. The van der Waals surface area contributed by atoms with Gasteiger partial charge >= 0.3 is 0 Å². The van der Waals surface area contributed by atoms with E-state index in [1.165, 1.54) is 24.4 Å². The zero-order valence-corrected chi connectivity index (χ0v) is 22.2. The molecule has 0 aliphatic heterocycles. The van der Waals surface area contributed by atoms with Gasteiger partial charge in [0.25, 0.3) is 5.91 Å². The van der Waals surface area contributed by atoms with Crippen LogP contribution in [0, 0.1) is 5.82 Å². The van der Waals surface area contributed by atoms with E-state index >= 15 is 0 Å². The minimum atomic E-state index is -0.751. The van der Waals surface area contributed by atoms with Crippen LogP contribution in [0.5, 0.6) is 5.75 Å². The molecule has 0 atom stereocenters. The van der Waals surface area contributed by atoms with Crippen molar-refractivity contribution in [2.75, 3.05) is 11.9 Å². The number of benzene rings is 2. The van der Waals surface area contributed by atoms with Crippen LogP contribution in [-0.2, 0) is 13.1 Å². The molecule has 0 aliphatic rings. The number of aromatic nitrogens is 4. The molecule has 8 nitrogen and oxygen atoms in total. The number of alkyl halides is 1. The number of halogens is 3. The molecule has 0 spiro atoms. The summed E-state index contributed by atoms with van der Waals surface area (Å²) >= 11 is 6.44. The third-order valence-electron chi connectivity index (χ3n) is 5.81. The number of carbonyl (C=O) groups is 1. The Labute approximate surface area is 229 Å². The molecule has 0 bridgehead atoms. The van der Waals surface area contributed by atoms with Gasteiger partial charge in [0.15, 0.2) is 0 Å². The third-order valence-corrected chi connectivity index (χ3v) is 6.14. The van der Waals surface area contributed by atoms with Crippen LogP contribution in [0.2, 0.25) is 5.02 Å². The molecule has 0 fully saturated rings. The third kappa shape index (κ3) is 7.81. The van der Waals surface area contributed by atoms with E-state index in [9.17, 15) is 18.7 Å². The number of hydrogen-bond acceptors (Lipinski definition) is 6. The molecule has 2 heterocycles. The normalized spacial score (nSPS) is 11.4. The van der Waals surface area contributed by atoms with Crippen LogP contribution in [-0.4, -0.2) is 43.4 Å². The second-order valence-electron chi connectivity index (χ2n) is 9.63. The maximum Gasteiger partial charge on any atom is 0.296 e. The van der Waals surface area contributed by atoms with E-state index in [4.69, 9.17) is 16.3 Å². The second-order valence-corrected chi connectivity index (χ2v) is 10.0. The van der Waals surface area contributed by atoms with Crippen molar-refractivity contribution < 1.29 is 23.4 Å². The fourth-order valence-corrected chi connectivity index (χ4v) is 4.08. The summed E-state index contributed by atoms with van der Waals surface area (Å²) in [5.41, 5.74) is 1.22. The van der Waals surface area contributed by atoms with E-state index in [0.717, 1.165) is 0 Å². The largest absolute Gasteiger partial charge is 0.494 e. The molecule has 2 aromatic carbocycles. The molecule has 1 amide bonds. The zero-order chi connectivity index (χ0) is 28.0. The van der Waals surface area contributed by atoms with Gasteiger partial charge in [-0.1, -0.05) is 17.7 Å². The van der Waals surface area contributed by atoms with Crippen molar-refractivity contribution in [1.82, 2.24) is 20.2 Å². The van der Waals surface area contributed by atoms with Crippen LogP contribution >= 0.6 is 11.6 Å². The summed E-state index contributed by atoms with van der Waals surface area (Å²) in [6.07, 6.45) is 2.84. The molecule has 0 saturated carbocycles. The lowest BCUT2D eigenvalue weighted by molar-refractivity contribution is 0.0641. The Morgan fingerprint density at radius 2 is 2.00 bits per heavy atom. The van der Waals surface area contributed by atoms with Gasteiger partial charge in [-0.05, 0) is 85.8 Å². The summed E-state index contributed by atoms with van der Waals surface area (Å²) in [6.45, 7) is 3.24. The van der Waals surface area contributed by atoms with Crippen LogP contribution in [0.3, 0.4) is 0 Å². The monoisotopic (exact) mass is 555 g/mol. The van der Waals surface area contributed by atoms with Crippen LogP contribution in [0.4, 0.5) is 14.6 Å². The first-order chi connectivity index (χ1) is 18.6. The topological polar surface area (TPSA) is 113 Å². The van der Waals surface area contributed by atoms with Crippen molar-refractivity contribution in [3.8, 4) is 16.9 Å². The van der Waals surface area contributed by atoms with E-state index in [-0.39, 0.29) is 29.5 Å². The number of anilines is 1. The van der Waals surface area contributed by atoms with Crippen molar-refractivity contribution in [1.29, 1.82) is 0 Å². The van der Waals surface area contributed by atoms with E-state index in [1.807, 2.05) is 0 Å². The number of carbonyl (C=O) groups excluding carboxylic acids is 1. The van der Waals surface area contributed by atoms with Crippen LogP contribution < -0.4 is 10.1 Å². The minimum Gasteiger partial charge on any atom is -0.494 e. The maximum atomic E-state index is 14.1. The first-order valence-corrected chi connectivity index (χ1v) is 12.7. The standard InChI is InChI=1S/C28H28ClF2N5O3/c1-28(2,38)9-3-11-39-20-5-6-22(29)21(15-20)18-8-10-32-24(13-18)34-27(37)26-33-25(35-36-26)14-19-12-17(16-30)4-7-23(19)31/h4-8,10,12-13,15,38H,3,9,11,14,16H2,1-2H3,(H,32,34,37)(H,33,35,36). The highest BCUT2D eigenvalue weighted by Gasteiger charge is 2.16. The summed E-state index contributed by atoms with van der Waals surface area (Å²) < 4.78 is 32.8. The number of nitrogens with one attached hydrogen (secondary N) is 2. The average molecular weight is 556 g/mol. The molecule has 204 valence electrons. The van der Waals surface area contributed by atoms with Gasteiger partial charge in [-0.15, -0.1) is 5.10 Å². The van der Waals surface area contributed by atoms with Crippen LogP contribution in [0.1, 0.15) is 54.3 Å². The Morgan fingerprint density at radius 3 is 2.77 bits per heavy atom. The number of H-pyrrole nitrogens is 1. The molecule has 11 heteroatoms. The molecular formula is C28H28ClF2N5O3. The zero-order valence-electron chi connectivity index (χ0n) is 21.5. The highest BCUT2D eigenvalue weighted by atomic mass is 35.5. The fourth-order valence-electron chi connectivity index (χ4n) is 3.85. The molecule has 4 rings (SSSR count). The van der Waals surface area contributed by atoms with Gasteiger partial charge in [0.2, 0.25) is 5.82 Å². The lowest BCUT2D eigenvalue weighted by Crippen LogP contribution is -2.19. The molecule has 0 aliphatic carbocycles. The van der Waals surface area contributed by atoms with E-state index < -0.39 is 24.0 Å². The number of aromatic amines is 1. The number of amides is 1. The van der Waals surface area contributed by atoms with E-state index in [2.05, 4.69) is 25.5 Å². The van der Waals surface area contributed by atoms with Crippen molar-refractivity contribution in [2.24, 2.45) is 0 Å². The highest BCUT2D eigenvalue weighted by molar-refractivity contribution is 6.33. The SMILES string of the molecule is CC(C)(O)CCCOc1ccc(Cl)c(-c2ccnc(NC(=O)c3n[nH]c(Cc4cc(CF)ccc4F)n3)c2)c1. The molecule has 4 aromatic rings. The first-order valence-electron chi connectivity index (χ1n) is 12.3. The van der Waals surface area contributed by atoms with Gasteiger partial charge < -0.3 is 15.2 Å². The van der Waals surface area contributed by atoms with Gasteiger partial charge in [0.1, 0.15) is 29.9 Å². The Bertz CT molecular complexity index is 1460. The molecule has 0 unspecified atom stereocenters. The van der Waals surface area contributed by atoms with Crippen molar-refractivity contribution in [3.63, 3.8) is 0 Å². The molecule has 0 saturated heterocycles. The van der Waals surface area contributed by atoms with Crippen molar-refractivity contribution >= 4 is 23.3 Å². The predicted octanol–water partition coefficient (Wildman–Crippen LogP) is 5.90. The average Bonchev–Trinajstić information content (AvgIpc) is 3.37. The molecule has 39 heavy (non-hydrogen) atoms. The van der Waals surface area contributed by atoms with Gasteiger partial charge in [-0.3, -0.25) is 9.89 Å². The summed E-state index contributed by atoms with van der Waals surface area (Å²) in [5, 5.41) is 19.5. The lowest BCUT2D eigenvalue weighted by Gasteiger charge is -2.17. The quantitative estimate of drug-likeness (QED) is 0.199. The van der Waals surface area contributed by atoms with Crippen LogP contribution in [0.15, 0.2) is 54.7 Å². The number of hydrogen-bond donors (Lipinski definition) is 3. The summed E-state index contributed by atoms with van der Waals surface area (Å²) in [5.74, 6) is -0.151. The van der Waals surface area contributed by atoms with E-state index in [0.29, 0.717) is 46.9 Å². The number of aliphatic hydroxyl groups is 1. The Balaban J connectivity index is 1.43. The molecule has 2 aromatic heterocycles. The van der Waals surface area contributed by atoms with Gasteiger partial charge in [-0.2, -0.15) is 0 Å². The number of rotatable bonds is 11. The second kappa shape index (κ2) is 12.3. The highest BCUT2D eigenvalue weighted by Crippen LogP contribution is 2.32. The summed E-state index contributed by atoms with van der Waals surface area (Å²) in [4.78, 5) is 21.1. The summed E-state index contributed by atoms with van der Waals surface area (Å²) in [6, 6.07) is 12.7. The Morgan fingerprint density at radius 1 is 1.18 bits per heavy atom. The molecular weight excluding hydrogens is 528 g/mol. The van der Waals surface area contributed by atoms with E-state index in [1.54, 1.807) is 44.2 Å². The molecule has 0 radical (unpaired) electrons. The van der Waals surface area contributed by atoms with Gasteiger partial charge in [0, 0.05) is 23.2 Å². The smallest absolute Gasteiger partial charge is 0.296 e. The number of ether oxygens (including phenoxy) is 1. The van der Waals surface area contributed by atoms with Gasteiger partial charge in [0.05, 0.1) is 12.2 Å². The van der Waals surface area contributed by atoms with Crippen molar-refractivity contribution in [2.45, 2.75) is 45.4 Å². The Hall–Kier alpha value is -3.89. The lowest BCUT2D eigenvalue weighted by atomic mass is 10.0. The first kappa shape index (κ1) is 28.1. The van der Waals surface area contributed by atoms with Crippen LogP contribution in [0.25, 0.3) is 11.1 Å². The summed E-state index contributed by atoms with van der Waals surface area (Å²) in [7, 11) is 0. The Kier molecular flexibility index (Phi) is 8.88. The number of pyridine rings is 1. The fraction of sp³-hybridized carbons (Fsp3) is 0.286. The van der Waals surface area contributed by atoms with Crippen molar-refractivity contribution in [3.05, 3.63) is 88.3 Å². The number of nitrogens with zero attached hydrogens (tertiary/aromatic N) is 3.